The number of aryl methyl sites for hydroxylation is 1. The number of aromatic nitrogens is 4. The van der Waals surface area contributed by atoms with Crippen LogP contribution in [0.4, 0.5) is 15.0 Å². The molecule has 0 unspecified atom stereocenters. The van der Waals surface area contributed by atoms with Crippen LogP contribution in [0.2, 0.25) is 0 Å². The molecule has 0 spiro atoms. The van der Waals surface area contributed by atoms with Crippen LogP contribution >= 0.6 is 0 Å². The number of piperidine rings is 1. The fourth-order valence-electron chi connectivity index (χ4n) is 4.25. The molecule has 2 aromatic rings. The summed E-state index contributed by atoms with van der Waals surface area (Å²) in [5.41, 5.74) is -0.0171. The van der Waals surface area contributed by atoms with E-state index in [0.717, 1.165) is 32.0 Å². The first-order valence-electron chi connectivity index (χ1n) is 12.2. The maximum absolute atomic E-state index is 14.7. The first-order valence-corrected chi connectivity index (χ1v) is 12.2. The van der Waals surface area contributed by atoms with Crippen LogP contribution in [0.1, 0.15) is 39.4 Å². The summed E-state index contributed by atoms with van der Waals surface area (Å²) in [6, 6.07) is 3.18. The quantitative estimate of drug-likeness (QED) is 0.668. The molecule has 2 aromatic heterocycles. The molecule has 2 aliphatic heterocycles. The second kappa shape index (κ2) is 10.3. The topological polar surface area (TPSA) is 108 Å². The Morgan fingerprint density at radius 3 is 2.57 bits per heavy atom. The average molecular weight is 491 g/mol. The van der Waals surface area contributed by atoms with Crippen molar-refractivity contribution in [3.63, 3.8) is 0 Å². The number of nitrogens with one attached hydrogen (secondary N) is 1. The molecule has 35 heavy (non-hydrogen) atoms. The van der Waals surface area contributed by atoms with Gasteiger partial charge in [0.05, 0.1) is 12.6 Å². The predicted octanol–water partition coefficient (Wildman–Crippen LogP) is 1.27. The highest BCUT2D eigenvalue weighted by molar-refractivity contribution is 5.76. The number of hydrogen-bond donors (Lipinski definition) is 1. The van der Waals surface area contributed by atoms with Gasteiger partial charge in [0.1, 0.15) is 17.6 Å². The summed E-state index contributed by atoms with van der Waals surface area (Å²) in [4.78, 5) is 30.6. The number of carbonyl (C=O) groups is 2. The van der Waals surface area contributed by atoms with E-state index in [1.807, 2.05) is 12.1 Å². The predicted molar refractivity (Wildman–Crippen MR) is 128 cm³/mol. The molecule has 192 valence electrons. The number of likely N-dealkylation sites (N-methyl/N-ethyl adjacent to an activating group) is 1. The molecule has 2 saturated heterocycles. The molecule has 0 bridgehead atoms. The van der Waals surface area contributed by atoms with E-state index in [0.29, 0.717) is 30.9 Å². The molecule has 2 atom stereocenters. The van der Waals surface area contributed by atoms with E-state index in [1.54, 1.807) is 25.3 Å². The van der Waals surface area contributed by atoms with E-state index < -0.39 is 23.9 Å². The molecular weight excluding hydrogens is 455 g/mol. The second-order valence-electron chi connectivity index (χ2n) is 10.3. The molecule has 0 aromatic carbocycles. The molecule has 2 amide bonds. The van der Waals surface area contributed by atoms with E-state index in [-0.39, 0.29) is 18.9 Å². The zero-order valence-corrected chi connectivity index (χ0v) is 20.9. The summed E-state index contributed by atoms with van der Waals surface area (Å²) in [6.07, 6.45) is -1.09. The van der Waals surface area contributed by atoms with Crippen molar-refractivity contribution in [2.24, 2.45) is 0 Å². The van der Waals surface area contributed by atoms with Crippen molar-refractivity contribution in [3.05, 3.63) is 18.0 Å². The lowest BCUT2D eigenvalue weighted by atomic mass is 10.0. The highest BCUT2D eigenvalue weighted by Gasteiger charge is 2.34. The fourth-order valence-corrected chi connectivity index (χ4v) is 4.25. The van der Waals surface area contributed by atoms with E-state index >= 15 is 0 Å². The second-order valence-corrected chi connectivity index (χ2v) is 10.3. The molecule has 1 N–H and O–H groups in total. The highest BCUT2D eigenvalue weighted by atomic mass is 19.1. The number of nitrogens with zero attached hydrogens (tertiary/aromatic N) is 7. The van der Waals surface area contributed by atoms with Gasteiger partial charge in [0.15, 0.2) is 11.5 Å². The third-order valence-corrected chi connectivity index (χ3v) is 6.26. The standard InChI is InChI=1S/C23H35FN8O3/c1-23(2,3)35-22(34)31-10-9-17(16(24)15-31)25-21(33)8-7-19-27-26-18-5-6-20(28-32(18)19)30-13-11-29(4)12-14-30/h5-6,16-17H,7-15H2,1-4H3,(H,25,33)/t16-,17+/m0/s1. The molecule has 4 rings (SSSR count). The minimum absolute atomic E-state index is 0.104. The van der Waals surface area contributed by atoms with Gasteiger partial charge in [-0.05, 0) is 46.4 Å². The number of ether oxygens (including phenoxy) is 1. The minimum atomic E-state index is -1.36. The molecular formula is C23H35FN8O3. The Morgan fingerprint density at radius 1 is 1.14 bits per heavy atom. The van der Waals surface area contributed by atoms with Gasteiger partial charge in [-0.3, -0.25) is 4.79 Å². The number of likely N-dealkylation sites (tertiary alicyclic amines) is 1. The van der Waals surface area contributed by atoms with Crippen molar-refractivity contribution in [1.29, 1.82) is 0 Å². The van der Waals surface area contributed by atoms with Crippen LogP contribution < -0.4 is 10.2 Å². The first-order chi connectivity index (χ1) is 16.6. The van der Waals surface area contributed by atoms with Gasteiger partial charge >= 0.3 is 6.09 Å². The van der Waals surface area contributed by atoms with Gasteiger partial charge in [0.25, 0.3) is 0 Å². The number of alkyl halides is 1. The summed E-state index contributed by atoms with van der Waals surface area (Å²) in [5, 5.41) is 15.8. The largest absolute Gasteiger partial charge is 0.444 e. The summed E-state index contributed by atoms with van der Waals surface area (Å²) in [7, 11) is 2.10. The van der Waals surface area contributed by atoms with E-state index in [1.165, 1.54) is 4.90 Å². The first kappa shape index (κ1) is 25.1. The zero-order chi connectivity index (χ0) is 25.2. The molecule has 12 heteroatoms. The van der Waals surface area contributed by atoms with Crippen LogP contribution in [0.3, 0.4) is 0 Å². The van der Waals surface area contributed by atoms with Gasteiger partial charge in [-0.2, -0.15) is 4.52 Å². The van der Waals surface area contributed by atoms with Gasteiger partial charge in [0, 0.05) is 45.6 Å². The number of piperazine rings is 1. The minimum Gasteiger partial charge on any atom is -0.444 e. The van der Waals surface area contributed by atoms with Crippen LogP contribution in [0.15, 0.2) is 12.1 Å². The lowest BCUT2D eigenvalue weighted by Crippen LogP contribution is -2.54. The van der Waals surface area contributed by atoms with Crippen LogP contribution in [0.25, 0.3) is 5.65 Å². The lowest BCUT2D eigenvalue weighted by Gasteiger charge is -2.35. The van der Waals surface area contributed by atoms with Gasteiger partial charge in [-0.25, -0.2) is 9.18 Å². The maximum atomic E-state index is 14.7. The molecule has 4 heterocycles. The Balaban J connectivity index is 1.30. The zero-order valence-electron chi connectivity index (χ0n) is 20.9. The van der Waals surface area contributed by atoms with E-state index in [9.17, 15) is 14.0 Å². The number of carbonyl (C=O) groups excluding carboxylic acids is 2. The molecule has 2 fully saturated rings. The number of rotatable bonds is 5. The Kier molecular flexibility index (Phi) is 7.39. The lowest BCUT2D eigenvalue weighted by molar-refractivity contribution is -0.122. The summed E-state index contributed by atoms with van der Waals surface area (Å²) in [6.45, 7) is 9.27. The van der Waals surface area contributed by atoms with Gasteiger partial charge in [-0.1, -0.05) is 0 Å². The molecule has 0 aliphatic carbocycles. The monoisotopic (exact) mass is 490 g/mol. The smallest absolute Gasteiger partial charge is 0.410 e. The van der Waals surface area contributed by atoms with Crippen molar-refractivity contribution in [1.82, 2.24) is 34.9 Å². The van der Waals surface area contributed by atoms with Crippen molar-refractivity contribution in [2.45, 2.75) is 57.8 Å². The third kappa shape index (κ3) is 6.36. The fraction of sp³-hybridized carbons (Fsp3) is 0.696. The van der Waals surface area contributed by atoms with Gasteiger partial charge in [0.2, 0.25) is 5.91 Å². The Bertz CT molecular complexity index is 1050. The number of hydrogen-bond acceptors (Lipinski definition) is 8. The molecule has 0 saturated carbocycles. The van der Waals surface area contributed by atoms with E-state index in [4.69, 9.17) is 9.84 Å². The Labute approximate surface area is 204 Å². The van der Waals surface area contributed by atoms with Crippen LogP contribution in [-0.2, 0) is 16.0 Å². The van der Waals surface area contributed by atoms with Crippen molar-refractivity contribution in [3.8, 4) is 0 Å². The molecule has 0 radical (unpaired) electrons. The van der Waals surface area contributed by atoms with E-state index in [2.05, 4.69) is 32.4 Å². The van der Waals surface area contributed by atoms with Gasteiger partial charge in [-0.15, -0.1) is 15.3 Å². The van der Waals surface area contributed by atoms with Crippen molar-refractivity contribution in [2.75, 3.05) is 51.2 Å². The summed E-state index contributed by atoms with van der Waals surface area (Å²) in [5.74, 6) is 1.17. The van der Waals surface area contributed by atoms with Gasteiger partial charge < -0.3 is 24.8 Å². The molecule has 2 aliphatic rings. The number of amides is 2. The number of halogens is 1. The average Bonchev–Trinajstić information content (AvgIpc) is 3.20. The SMILES string of the molecule is CN1CCN(c2ccc3nnc(CCC(=O)N[C@@H]4CCN(C(=O)OC(C)(C)C)C[C@@H]4F)n3n2)CC1. The number of anilines is 1. The van der Waals surface area contributed by atoms with Crippen molar-refractivity contribution >= 4 is 23.5 Å². The Hall–Kier alpha value is -3.02. The summed E-state index contributed by atoms with van der Waals surface area (Å²) >= 11 is 0. The summed E-state index contributed by atoms with van der Waals surface area (Å²) < 4.78 is 21.7. The van der Waals surface area contributed by atoms with Crippen LogP contribution in [0.5, 0.6) is 0 Å². The number of fused-ring (bicyclic) bond motifs is 1. The maximum Gasteiger partial charge on any atom is 0.410 e. The van der Waals surface area contributed by atoms with Crippen molar-refractivity contribution < 1.29 is 18.7 Å². The van der Waals surface area contributed by atoms with Crippen LogP contribution in [-0.4, -0.2) is 106 Å². The molecule has 11 nitrogen and oxygen atoms in total. The third-order valence-electron chi connectivity index (χ3n) is 6.26. The highest BCUT2D eigenvalue weighted by Crippen LogP contribution is 2.19. The normalized spacial score (nSPS) is 21.9. The van der Waals surface area contributed by atoms with Crippen LogP contribution in [0, 0.1) is 0 Å². The Morgan fingerprint density at radius 2 is 1.89 bits per heavy atom.